The second kappa shape index (κ2) is 12.4. The fourth-order valence-electron chi connectivity index (χ4n) is 5.28. The van der Waals surface area contributed by atoms with Gasteiger partial charge in [-0.2, -0.15) is 5.10 Å². The molecule has 0 saturated carbocycles. The average molecular weight is 639 g/mol. The molecule has 0 amide bonds. The third-order valence-electron chi connectivity index (χ3n) is 7.35. The summed E-state index contributed by atoms with van der Waals surface area (Å²) in [5.74, 6) is -1.12. The summed E-state index contributed by atoms with van der Waals surface area (Å²) >= 11 is 1.16. The number of hydrogen-bond donors (Lipinski definition) is 0. The molecule has 0 spiro atoms. The lowest BCUT2D eigenvalue weighted by molar-refractivity contribution is -0.136. The number of thiazole rings is 1. The van der Waals surface area contributed by atoms with Gasteiger partial charge in [0.15, 0.2) is 16.3 Å². The van der Waals surface area contributed by atoms with Crippen LogP contribution in [0.4, 0.5) is 4.39 Å². The first-order chi connectivity index (χ1) is 22.2. The summed E-state index contributed by atoms with van der Waals surface area (Å²) in [5.41, 5.74) is 3.30. The van der Waals surface area contributed by atoms with Gasteiger partial charge in [0.25, 0.3) is 5.56 Å². The molecule has 5 aromatic rings. The van der Waals surface area contributed by atoms with Crippen LogP contribution in [0.15, 0.2) is 100 Å². The normalized spacial score (nSPS) is 14.5. The molecule has 10 nitrogen and oxygen atoms in total. The number of esters is 2. The van der Waals surface area contributed by atoms with E-state index in [-0.39, 0.29) is 22.9 Å². The van der Waals surface area contributed by atoms with Gasteiger partial charge in [-0.3, -0.25) is 14.2 Å². The number of halogens is 1. The van der Waals surface area contributed by atoms with Crippen LogP contribution >= 0.6 is 11.3 Å². The molecule has 1 atom stereocenters. The molecule has 6 rings (SSSR count). The van der Waals surface area contributed by atoms with Crippen molar-refractivity contribution in [1.29, 1.82) is 0 Å². The molecule has 0 aliphatic carbocycles. The number of ether oxygens (including phenoxy) is 3. The quantitative estimate of drug-likeness (QED) is 0.193. The molecule has 1 aliphatic rings. The molecular weight excluding hydrogens is 611 g/mol. The zero-order valence-electron chi connectivity index (χ0n) is 25.2. The van der Waals surface area contributed by atoms with E-state index < -0.39 is 23.5 Å². The van der Waals surface area contributed by atoms with Gasteiger partial charge in [-0.15, -0.1) is 0 Å². The molecule has 3 heterocycles. The Morgan fingerprint density at radius 1 is 1.00 bits per heavy atom. The number of aromatic nitrogens is 3. The van der Waals surface area contributed by atoms with Crippen LogP contribution < -0.4 is 24.4 Å². The topological polar surface area (TPSA) is 114 Å². The van der Waals surface area contributed by atoms with Crippen molar-refractivity contribution in [3.8, 4) is 28.4 Å². The molecule has 12 heteroatoms. The third-order valence-corrected chi connectivity index (χ3v) is 8.33. The van der Waals surface area contributed by atoms with Gasteiger partial charge in [0.2, 0.25) is 0 Å². The SMILES string of the molecule is COC(=O)C1=C(C)N=c2s/c(=C/c3cn(-c4ccccc4)nc3-c3ccc(F)cc3)c(=O)n2[C@H]1c1ccc(OC(C)=O)c(OC)c1. The molecule has 0 radical (unpaired) electrons. The number of para-hydroxylation sites is 1. The maximum absolute atomic E-state index is 14.2. The summed E-state index contributed by atoms with van der Waals surface area (Å²) in [7, 11) is 2.69. The van der Waals surface area contributed by atoms with Crippen molar-refractivity contribution in [3.05, 3.63) is 127 Å². The van der Waals surface area contributed by atoms with Gasteiger partial charge in [-0.05, 0) is 67.1 Å². The van der Waals surface area contributed by atoms with Crippen LogP contribution in [0.1, 0.15) is 31.0 Å². The smallest absolute Gasteiger partial charge is 0.338 e. The predicted molar refractivity (Wildman–Crippen MR) is 169 cm³/mol. The monoisotopic (exact) mass is 638 g/mol. The van der Waals surface area contributed by atoms with Crippen molar-refractivity contribution >= 4 is 29.4 Å². The standard InChI is InChI=1S/C34H27FN4O6S/c1-19-29(33(42)44-4)31(22-12-15-26(45-20(2)40)27(16-22)43-3)39-32(41)28(46-34(39)36-19)17-23-18-38(25-8-6-5-7-9-25)37-30(23)21-10-13-24(35)14-11-21/h5-18,31H,1-4H3/b28-17+/t31-/m0/s1. The lowest BCUT2D eigenvalue weighted by Crippen LogP contribution is -2.39. The lowest BCUT2D eigenvalue weighted by atomic mass is 9.95. The molecular formula is C34H27FN4O6S. The summed E-state index contributed by atoms with van der Waals surface area (Å²) in [6, 6.07) is 19.3. The summed E-state index contributed by atoms with van der Waals surface area (Å²) in [5, 5.41) is 4.77. The van der Waals surface area contributed by atoms with Crippen molar-refractivity contribution < 1.29 is 28.2 Å². The first-order valence-corrected chi connectivity index (χ1v) is 14.9. The van der Waals surface area contributed by atoms with Crippen molar-refractivity contribution in [2.24, 2.45) is 4.99 Å². The largest absolute Gasteiger partial charge is 0.493 e. The molecule has 0 N–H and O–H groups in total. The Balaban J connectivity index is 1.56. The molecule has 3 aromatic carbocycles. The van der Waals surface area contributed by atoms with E-state index in [0.29, 0.717) is 37.4 Å². The van der Waals surface area contributed by atoms with E-state index in [0.717, 1.165) is 17.0 Å². The minimum Gasteiger partial charge on any atom is -0.493 e. The highest BCUT2D eigenvalue weighted by atomic mass is 32.1. The number of allylic oxidation sites excluding steroid dienone is 1. The molecule has 0 bridgehead atoms. The van der Waals surface area contributed by atoms with Crippen LogP contribution in [0.5, 0.6) is 11.5 Å². The number of methoxy groups -OCH3 is 2. The van der Waals surface area contributed by atoms with Crippen LogP contribution in [0, 0.1) is 5.82 Å². The van der Waals surface area contributed by atoms with Gasteiger partial charge in [0.1, 0.15) is 11.5 Å². The predicted octanol–water partition coefficient (Wildman–Crippen LogP) is 4.33. The van der Waals surface area contributed by atoms with Crippen LogP contribution in [0.25, 0.3) is 23.0 Å². The number of nitrogens with zero attached hydrogens (tertiary/aromatic N) is 4. The molecule has 232 valence electrons. The zero-order valence-corrected chi connectivity index (χ0v) is 26.0. The Kier molecular flexibility index (Phi) is 8.20. The van der Waals surface area contributed by atoms with Crippen molar-refractivity contribution in [2.75, 3.05) is 14.2 Å². The van der Waals surface area contributed by atoms with Crippen molar-refractivity contribution in [3.63, 3.8) is 0 Å². The first kappa shape index (κ1) is 30.4. The summed E-state index contributed by atoms with van der Waals surface area (Å²) in [4.78, 5) is 44.0. The van der Waals surface area contributed by atoms with Crippen molar-refractivity contribution in [2.45, 2.75) is 19.9 Å². The van der Waals surface area contributed by atoms with Crippen LogP contribution in [0.3, 0.4) is 0 Å². The minimum absolute atomic E-state index is 0.174. The van der Waals surface area contributed by atoms with Gasteiger partial charge in [0, 0.05) is 24.2 Å². The van der Waals surface area contributed by atoms with Gasteiger partial charge in [-0.25, -0.2) is 18.9 Å². The molecule has 0 fully saturated rings. The summed E-state index contributed by atoms with van der Waals surface area (Å²) in [6.07, 6.45) is 3.51. The van der Waals surface area contributed by atoms with Gasteiger partial charge in [0.05, 0.1) is 41.8 Å². The Hall–Kier alpha value is -5.62. The van der Waals surface area contributed by atoms with Gasteiger partial charge in [-0.1, -0.05) is 35.6 Å². The second-order valence-corrected chi connectivity index (χ2v) is 11.3. The van der Waals surface area contributed by atoms with E-state index in [1.54, 1.807) is 54.2 Å². The Bertz CT molecular complexity index is 2200. The Labute approximate surface area is 265 Å². The summed E-state index contributed by atoms with van der Waals surface area (Å²) < 4.78 is 33.1. The minimum atomic E-state index is -0.922. The Morgan fingerprint density at radius 2 is 1.74 bits per heavy atom. The van der Waals surface area contributed by atoms with Crippen LogP contribution in [-0.4, -0.2) is 40.5 Å². The molecule has 0 saturated heterocycles. The van der Waals surface area contributed by atoms with E-state index in [4.69, 9.17) is 19.3 Å². The molecule has 1 aliphatic heterocycles. The highest BCUT2D eigenvalue weighted by Gasteiger charge is 2.34. The number of benzene rings is 3. The van der Waals surface area contributed by atoms with Gasteiger partial charge < -0.3 is 14.2 Å². The molecule has 0 unspecified atom stereocenters. The third kappa shape index (κ3) is 5.66. The van der Waals surface area contributed by atoms with E-state index >= 15 is 0 Å². The Morgan fingerprint density at radius 3 is 2.41 bits per heavy atom. The van der Waals surface area contributed by atoms with Crippen molar-refractivity contribution in [1.82, 2.24) is 14.3 Å². The average Bonchev–Trinajstić information content (AvgIpc) is 3.61. The maximum Gasteiger partial charge on any atom is 0.338 e. The zero-order chi connectivity index (χ0) is 32.5. The highest BCUT2D eigenvalue weighted by Crippen LogP contribution is 2.36. The molecule has 46 heavy (non-hydrogen) atoms. The molecule has 2 aromatic heterocycles. The number of hydrogen-bond acceptors (Lipinski definition) is 9. The lowest BCUT2D eigenvalue weighted by Gasteiger charge is -2.25. The van der Waals surface area contributed by atoms with Crippen LogP contribution in [0.2, 0.25) is 0 Å². The van der Waals surface area contributed by atoms with Crippen LogP contribution in [-0.2, 0) is 14.3 Å². The number of rotatable bonds is 7. The fraction of sp³-hybridized carbons (Fsp3) is 0.147. The summed E-state index contributed by atoms with van der Waals surface area (Å²) in [6.45, 7) is 2.95. The van der Waals surface area contributed by atoms with Gasteiger partial charge >= 0.3 is 11.9 Å². The maximum atomic E-state index is 14.2. The highest BCUT2D eigenvalue weighted by molar-refractivity contribution is 7.07. The fourth-order valence-corrected chi connectivity index (χ4v) is 6.32. The van der Waals surface area contributed by atoms with E-state index in [9.17, 15) is 18.8 Å². The first-order valence-electron chi connectivity index (χ1n) is 14.1. The van der Waals surface area contributed by atoms with E-state index in [1.165, 1.54) is 37.8 Å². The van der Waals surface area contributed by atoms with E-state index in [1.807, 2.05) is 30.3 Å². The number of carbonyl (C=O) groups is 2. The number of carbonyl (C=O) groups excluding carboxylic acids is 2. The second-order valence-electron chi connectivity index (χ2n) is 10.3. The van der Waals surface area contributed by atoms with E-state index in [2.05, 4.69) is 4.99 Å². The number of fused-ring (bicyclic) bond motifs is 1.